The number of methoxy groups -OCH3 is 2. The Morgan fingerprint density at radius 1 is 0.943 bits per heavy atom. The average Bonchev–Trinajstić information content (AvgIpc) is 3.49. The number of halogens is 1. The quantitative estimate of drug-likeness (QED) is 0.0586. The van der Waals surface area contributed by atoms with Gasteiger partial charge < -0.3 is 29.0 Å². The number of benzene rings is 1. The van der Waals surface area contributed by atoms with E-state index in [1.807, 2.05) is 36.6 Å². The fourth-order valence-electron chi connectivity index (χ4n) is 6.70. The average molecular weight is 820 g/mol. The van der Waals surface area contributed by atoms with E-state index < -0.39 is 21.5 Å². The van der Waals surface area contributed by atoms with Crippen LogP contribution in [0, 0.1) is 0 Å². The lowest BCUT2D eigenvalue weighted by Gasteiger charge is -2.30. The molecule has 2 aromatic rings. The van der Waals surface area contributed by atoms with Crippen LogP contribution in [0.15, 0.2) is 80.9 Å². The number of anilines is 1. The number of carboxylic acids is 1. The summed E-state index contributed by atoms with van der Waals surface area (Å²) in [6, 6.07) is 6.82. The van der Waals surface area contributed by atoms with Crippen LogP contribution < -0.4 is 9.47 Å². The lowest BCUT2D eigenvalue weighted by molar-refractivity contribution is -0.686. The van der Waals surface area contributed by atoms with Crippen LogP contribution in [0.5, 0.6) is 0 Å². The van der Waals surface area contributed by atoms with Crippen molar-refractivity contribution in [2.45, 2.75) is 75.1 Å². The third kappa shape index (κ3) is 10.9. The zero-order valence-electron chi connectivity index (χ0n) is 31.3. The van der Waals surface area contributed by atoms with Gasteiger partial charge in [0.1, 0.15) is 12.7 Å². The zero-order valence-corrected chi connectivity index (χ0v) is 33.7. The molecule has 2 aliphatic heterocycles. The second-order valence-electron chi connectivity index (χ2n) is 13.8. The van der Waals surface area contributed by atoms with Crippen LogP contribution in [0.1, 0.15) is 64.0 Å². The molecule has 2 aliphatic rings. The number of allylic oxidation sites excluding steroid dienone is 6. The maximum absolute atomic E-state index is 12.2. The van der Waals surface area contributed by atoms with Crippen molar-refractivity contribution in [1.82, 2.24) is 0 Å². The third-order valence-corrected chi connectivity index (χ3v) is 11.0. The van der Waals surface area contributed by atoms with E-state index in [0.717, 1.165) is 51.4 Å². The van der Waals surface area contributed by atoms with Gasteiger partial charge in [-0.3, -0.25) is 9.35 Å². The molecule has 3 heterocycles. The second-order valence-corrected chi connectivity index (χ2v) is 16.1. The predicted octanol–water partition coefficient (Wildman–Crippen LogP) is 6.48. The van der Waals surface area contributed by atoms with Gasteiger partial charge in [-0.1, -0.05) is 24.6 Å². The van der Waals surface area contributed by atoms with Gasteiger partial charge in [-0.25, -0.2) is 4.57 Å². The number of carboxylic acid groups (broad SMARTS) is 1. The molecular weight excluding hydrogens is 766 g/mol. The Labute approximate surface area is 322 Å². The summed E-state index contributed by atoms with van der Waals surface area (Å²) < 4.78 is 59.3. The van der Waals surface area contributed by atoms with Crippen molar-refractivity contribution in [1.29, 1.82) is 0 Å². The van der Waals surface area contributed by atoms with Crippen molar-refractivity contribution in [3.05, 3.63) is 82.1 Å². The van der Waals surface area contributed by atoms with E-state index in [4.69, 9.17) is 29.0 Å². The number of aromatic nitrogens is 1. The highest BCUT2D eigenvalue weighted by molar-refractivity contribution is 9.10. The standard InChI is InChI=1S/C39H52BrN3O9S/c1-38(2)32-26-29(40)28-42(19-21-52-25-23-50-5)37(32)41-34(38)12-8-6-9-13-35-39(3,17-20-51-24-22-49-4)31-27-30(53(46,47)48)15-16-33(31)43(35)18-11-7-10-14-36(44)45/h6,8-9,12-13,15-16,26-28H,7,10-11,14,17-25H2,1-5H3,(H-,44,45,46,47,48)/p+1. The highest BCUT2D eigenvalue weighted by Crippen LogP contribution is 2.51. The molecule has 0 bridgehead atoms. The van der Waals surface area contributed by atoms with Gasteiger partial charge in [-0.2, -0.15) is 8.42 Å². The van der Waals surface area contributed by atoms with Crippen LogP contribution in [-0.4, -0.2) is 90.2 Å². The number of unbranched alkanes of at least 4 members (excludes halogenated alkanes) is 2. The maximum Gasteiger partial charge on any atom is 0.327 e. The summed E-state index contributed by atoms with van der Waals surface area (Å²) in [6.45, 7) is 10.5. The van der Waals surface area contributed by atoms with Crippen LogP contribution in [0.3, 0.4) is 0 Å². The number of carbonyl (C=O) groups is 1. The summed E-state index contributed by atoms with van der Waals surface area (Å²) in [5.41, 5.74) is 3.60. The minimum atomic E-state index is -4.44. The normalized spacial score (nSPS) is 18.7. The van der Waals surface area contributed by atoms with E-state index in [2.05, 4.69) is 52.2 Å². The number of fused-ring (bicyclic) bond motifs is 2. The molecule has 290 valence electrons. The van der Waals surface area contributed by atoms with Crippen molar-refractivity contribution >= 4 is 49.2 Å². The molecule has 1 aromatic heterocycles. The van der Waals surface area contributed by atoms with Crippen molar-refractivity contribution in [2.24, 2.45) is 4.99 Å². The SMILES string of the molecule is COCCOCC[n+]1cc(Br)cc2c1N=C(/C=C/C=C/C=C1/N(CCCCCC(=O)O)c3ccc(S(=O)(=O)O)cc3C1(C)CCOCCOC)C2(C)C. The highest BCUT2D eigenvalue weighted by Gasteiger charge is 2.44. The Balaban J connectivity index is 1.63. The molecule has 4 rings (SSSR count). The molecule has 0 spiro atoms. The van der Waals surface area contributed by atoms with Crippen molar-refractivity contribution in [3.63, 3.8) is 0 Å². The van der Waals surface area contributed by atoms with Gasteiger partial charge in [0.25, 0.3) is 10.1 Å². The lowest BCUT2D eigenvalue weighted by Crippen LogP contribution is -2.37. The topological polar surface area (TPSA) is 148 Å². The van der Waals surface area contributed by atoms with Gasteiger partial charge in [0.2, 0.25) is 0 Å². The van der Waals surface area contributed by atoms with Crippen LogP contribution in [0.4, 0.5) is 11.5 Å². The van der Waals surface area contributed by atoms with E-state index in [9.17, 15) is 17.8 Å². The molecule has 0 radical (unpaired) electrons. The van der Waals surface area contributed by atoms with Gasteiger partial charge in [0.15, 0.2) is 5.71 Å². The lowest BCUT2D eigenvalue weighted by atomic mass is 9.78. The number of aliphatic carboxylic acids is 1. The van der Waals surface area contributed by atoms with Crippen LogP contribution in [0.2, 0.25) is 0 Å². The first-order chi connectivity index (χ1) is 25.2. The molecule has 1 atom stereocenters. The molecule has 1 unspecified atom stereocenters. The Hall–Kier alpha value is -3.24. The summed E-state index contributed by atoms with van der Waals surface area (Å²) in [4.78, 5) is 18.1. The fraction of sp³-hybridized carbons (Fsp3) is 0.513. The Bertz CT molecular complexity index is 1820. The minimum Gasteiger partial charge on any atom is -0.481 e. The summed E-state index contributed by atoms with van der Waals surface area (Å²) in [6.07, 6.45) is 14.6. The molecule has 14 heteroatoms. The molecule has 0 aliphatic carbocycles. The van der Waals surface area contributed by atoms with Gasteiger partial charge >= 0.3 is 11.8 Å². The Morgan fingerprint density at radius 2 is 1.66 bits per heavy atom. The summed E-state index contributed by atoms with van der Waals surface area (Å²) >= 11 is 3.67. The molecule has 53 heavy (non-hydrogen) atoms. The predicted molar refractivity (Wildman–Crippen MR) is 208 cm³/mol. The molecule has 12 nitrogen and oxygen atoms in total. The van der Waals surface area contributed by atoms with Gasteiger partial charge in [-0.15, -0.1) is 0 Å². The van der Waals surface area contributed by atoms with Gasteiger partial charge in [0.05, 0.1) is 53.4 Å². The number of ether oxygens (including phenoxy) is 4. The number of pyridine rings is 1. The monoisotopic (exact) mass is 818 g/mol. The fourth-order valence-corrected chi connectivity index (χ4v) is 7.68. The summed E-state index contributed by atoms with van der Waals surface area (Å²) in [5.74, 6) is 0.0788. The summed E-state index contributed by atoms with van der Waals surface area (Å²) in [5, 5.41) is 9.12. The number of hydrogen-bond acceptors (Lipinski definition) is 9. The highest BCUT2D eigenvalue weighted by atomic mass is 79.9. The van der Waals surface area contributed by atoms with Crippen LogP contribution >= 0.6 is 15.9 Å². The summed E-state index contributed by atoms with van der Waals surface area (Å²) in [7, 11) is -1.18. The van der Waals surface area contributed by atoms with Gasteiger partial charge in [0, 0.05) is 50.6 Å². The largest absolute Gasteiger partial charge is 0.481 e. The second kappa shape index (κ2) is 19.4. The van der Waals surface area contributed by atoms with Gasteiger partial charge in [-0.05, 0) is 103 Å². The molecule has 0 fully saturated rings. The van der Waals surface area contributed by atoms with E-state index >= 15 is 0 Å². The van der Waals surface area contributed by atoms with Crippen LogP contribution in [-0.2, 0) is 51.2 Å². The molecule has 0 saturated carbocycles. The van der Waals surface area contributed by atoms with E-state index in [1.54, 1.807) is 26.4 Å². The van der Waals surface area contributed by atoms with Crippen molar-refractivity contribution in [3.8, 4) is 0 Å². The third-order valence-electron chi connectivity index (χ3n) is 9.71. The first kappa shape index (κ1) is 42.5. The van der Waals surface area contributed by atoms with Crippen molar-refractivity contribution in [2.75, 3.05) is 65.3 Å². The number of hydrogen-bond donors (Lipinski definition) is 2. The number of nitrogens with zero attached hydrogens (tertiary/aromatic N) is 3. The minimum absolute atomic E-state index is 0.107. The smallest absolute Gasteiger partial charge is 0.327 e. The van der Waals surface area contributed by atoms with Crippen molar-refractivity contribution < 1.29 is 46.4 Å². The van der Waals surface area contributed by atoms with E-state index in [-0.39, 0.29) is 16.7 Å². The first-order valence-corrected chi connectivity index (χ1v) is 20.1. The molecule has 1 aromatic carbocycles. The number of aliphatic imine (C=N–C) groups is 1. The molecular formula is C39H53BrN3O9S+. The van der Waals surface area contributed by atoms with E-state index in [1.165, 1.54) is 6.07 Å². The molecule has 0 amide bonds. The Morgan fingerprint density at radius 3 is 2.34 bits per heavy atom. The Kier molecular flexibility index (Phi) is 15.5. The molecule has 0 saturated heterocycles. The van der Waals surface area contributed by atoms with Crippen LogP contribution in [0.25, 0.3) is 0 Å². The van der Waals surface area contributed by atoms with E-state index in [0.29, 0.717) is 65.6 Å². The zero-order chi connectivity index (χ0) is 38.6. The first-order valence-electron chi connectivity index (χ1n) is 17.9. The molecule has 2 N–H and O–H groups in total. The number of rotatable bonds is 22. The maximum atomic E-state index is 12.2.